The van der Waals surface area contributed by atoms with Gasteiger partial charge in [-0.25, -0.2) is 9.97 Å². The highest BCUT2D eigenvalue weighted by molar-refractivity contribution is 6.09. The Kier molecular flexibility index (Phi) is 4.57. The molecule has 3 aliphatic heterocycles. The molecule has 8 heteroatoms. The van der Waals surface area contributed by atoms with Crippen LogP contribution in [0.2, 0.25) is 0 Å². The first kappa shape index (κ1) is 19.4. The number of anilines is 1. The highest BCUT2D eigenvalue weighted by Gasteiger charge is 2.47. The Morgan fingerprint density at radius 1 is 1.03 bits per heavy atom. The minimum atomic E-state index is -0.962. The van der Waals surface area contributed by atoms with Crippen LogP contribution < -0.4 is 4.90 Å². The number of piperazine rings is 1. The molecule has 1 unspecified atom stereocenters. The summed E-state index contributed by atoms with van der Waals surface area (Å²) in [4.78, 5) is 45.2. The van der Waals surface area contributed by atoms with E-state index in [1.807, 2.05) is 66.3 Å². The van der Waals surface area contributed by atoms with Crippen LogP contribution >= 0.6 is 0 Å². The molecule has 31 heavy (non-hydrogen) atoms. The van der Waals surface area contributed by atoms with Crippen LogP contribution in [0.4, 0.5) is 5.82 Å². The summed E-state index contributed by atoms with van der Waals surface area (Å²) in [5.74, 6) is 1.08. The number of benzene rings is 1. The number of para-hydroxylation sites is 2. The number of fused-ring (bicyclic) bond motifs is 2. The molecule has 158 valence electrons. The molecule has 0 spiro atoms. The molecule has 0 radical (unpaired) electrons. The monoisotopic (exact) mass is 416 g/mol. The zero-order valence-corrected chi connectivity index (χ0v) is 17.7. The van der Waals surface area contributed by atoms with Crippen LogP contribution in [0.3, 0.4) is 0 Å². The fourth-order valence-electron chi connectivity index (χ4n) is 4.51. The Hall–Kier alpha value is -3.55. The first-order valence-corrected chi connectivity index (χ1v) is 10.5. The van der Waals surface area contributed by atoms with Crippen molar-refractivity contribution in [1.82, 2.24) is 19.8 Å². The van der Waals surface area contributed by atoms with Crippen LogP contribution in [0.25, 0.3) is 11.0 Å². The van der Waals surface area contributed by atoms with Crippen molar-refractivity contribution in [3.63, 3.8) is 0 Å². The minimum absolute atomic E-state index is 0.0471. The highest BCUT2D eigenvalue weighted by Crippen LogP contribution is 2.31. The van der Waals surface area contributed by atoms with Gasteiger partial charge in [0.05, 0.1) is 23.1 Å². The molecule has 1 saturated heterocycles. The van der Waals surface area contributed by atoms with E-state index < -0.39 is 5.54 Å². The van der Waals surface area contributed by atoms with Crippen molar-refractivity contribution in [1.29, 1.82) is 0 Å². The number of nitrogens with zero attached hydrogens (tertiary/aromatic N) is 6. The average Bonchev–Trinajstić information content (AvgIpc) is 2.78. The van der Waals surface area contributed by atoms with Crippen molar-refractivity contribution >= 4 is 34.5 Å². The second kappa shape index (κ2) is 7.30. The molecular formula is C23H24N6O2. The Morgan fingerprint density at radius 2 is 1.74 bits per heavy atom. The first-order valence-electron chi connectivity index (χ1n) is 10.5. The number of hydrogen-bond donors (Lipinski definition) is 0. The minimum Gasteiger partial charge on any atom is -0.352 e. The van der Waals surface area contributed by atoms with Gasteiger partial charge in [-0.15, -0.1) is 0 Å². The standard InChI is InChI=1S/C23H24N6O2/c1-16-21(25-18-8-4-3-7-17(18)24-16)27-11-13-28(14-12-27)22(31)23(2)15-20(30)26-19-9-5-6-10-29(19)23/h3-10H,11-15H2,1-2H3. The number of rotatable bonds is 2. The third-order valence-corrected chi connectivity index (χ3v) is 6.15. The largest absolute Gasteiger partial charge is 0.352 e. The molecule has 1 aromatic heterocycles. The Balaban J connectivity index is 1.34. The summed E-state index contributed by atoms with van der Waals surface area (Å²) in [7, 11) is 0. The van der Waals surface area contributed by atoms with E-state index in [9.17, 15) is 9.59 Å². The lowest BCUT2D eigenvalue weighted by Crippen LogP contribution is -2.63. The second-order valence-corrected chi connectivity index (χ2v) is 8.29. The number of carbonyl (C=O) groups is 2. The van der Waals surface area contributed by atoms with Crippen LogP contribution in [0.1, 0.15) is 19.0 Å². The Bertz CT molecular complexity index is 1160. The Morgan fingerprint density at radius 3 is 2.48 bits per heavy atom. The third kappa shape index (κ3) is 3.28. The van der Waals surface area contributed by atoms with Gasteiger partial charge in [0.1, 0.15) is 11.4 Å². The molecule has 0 N–H and O–H groups in total. The predicted molar refractivity (Wildman–Crippen MR) is 119 cm³/mol. The van der Waals surface area contributed by atoms with Gasteiger partial charge < -0.3 is 14.7 Å². The van der Waals surface area contributed by atoms with E-state index in [1.165, 1.54) is 0 Å². The molecule has 2 amide bonds. The van der Waals surface area contributed by atoms with Crippen molar-refractivity contribution < 1.29 is 9.59 Å². The van der Waals surface area contributed by atoms with Crippen molar-refractivity contribution in [3.05, 3.63) is 54.4 Å². The van der Waals surface area contributed by atoms with E-state index in [2.05, 4.69) is 14.9 Å². The van der Waals surface area contributed by atoms with Gasteiger partial charge in [0.15, 0.2) is 5.82 Å². The van der Waals surface area contributed by atoms with Crippen LogP contribution in [-0.4, -0.2) is 69.1 Å². The van der Waals surface area contributed by atoms with E-state index in [0.717, 1.165) is 22.5 Å². The van der Waals surface area contributed by atoms with Gasteiger partial charge >= 0.3 is 0 Å². The van der Waals surface area contributed by atoms with E-state index in [4.69, 9.17) is 4.98 Å². The maximum Gasteiger partial charge on any atom is 0.250 e. The fraction of sp³-hybridized carbons (Fsp3) is 0.348. The van der Waals surface area contributed by atoms with E-state index >= 15 is 0 Å². The zero-order valence-electron chi connectivity index (χ0n) is 17.7. The maximum absolute atomic E-state index is 13.5. The Labute approximate surface area is 180 Å². The lowest BCUT2D eigenvalue weighted by molar-refractivity contribution is -0.144. The summed E-state index contributed by atoms with van der Waals surface area (Å²) >= 11 is 0. The number of aromatic nitrogens is 2. The number of aryl methyl sites for hydroxylation is 1. The predicted octanol–water partition coefficient (Wildman–Crippen LogP) is 2.06. The second-order valence-electron chi connectivity index (χ2n) is 8.29. The molecule has 8 nitrogen and oxygen atoms in total. The molecule has 1 atom stereocenters. The van der Waals surface area contributed by atoms with E-state index in [1.54, 1.807) is 6.08 Å². The first-order chi connectivity index (χ1) is 15.0. The molecule has 4 heterocycles. The molecule has 2 aromatic rings. The third-order valence-electron chi connectivity index (χ3n) is 6.15. The van der Waals surface area contributed by atoms with Crippen LogP contribution in [0, 0.1) is 6.92 Å². The molecule has 1 aromatic carbocycles. The van der Waals surface area contributed by atoms with Gasteiger partial charge in [0.25, 0.3) is 5.91 Å². The molecule has 5 rings (SSSR count). The molecule has 0 saturated carbocycles. The van der Waals surface area contributed by atoms with E-state index in [0.29, 0.717) is 32.0 Å². The zero-order chi connectivity index (χ0) is 21.6. The summed E-state index contributed by atoms with van der Waals surface area (Å²) in [5.41, 5.74) is 1.67. The van der Waals surface area contributed by atoms with Gasteiger partial charge in [0.2, 0.25) is 5.91 Å². The lowest BCUT2D eigenvalue weighted by Gasteiger charge is -2.46. The summed E-state index contributed by atoms with van der Waals surface area (Å²) in [6.07, 6.45) is 7.35. The van der Waals surface area contributed by atoms with Crippen molar-refractivity contribution in [2.24, 2.45) is 4.99 Å². The normalized spacial score (nSPS) is 23.2. The molecular weight excluding hydrogens is 392 g/mol. The smallest absolute Gasteiger partial charge is 0.250 e. The fourth-order valence-corrected chi connectivity index (χ4v) is 4.51. The summed E-state index contributed by atoms with van der Waals surface area (Å²) < 4.78 is 0. The van der Waals surface area contributed by atoms with Gasteiger partial charge in [-0.2, -0.15) is 4.99 Å². The number of aliphatic imine (C=N–C) groups is 1. The summed E-state index contributed by atoms with van der Waals surface area (Å²) in [6.45, 7) is 6.27. The van der Waals surface area contributed by atoms with Gasteiger partial charge in [-0.3, -0.25) is 9.59 Å². The molecule has 0 bridgehead atoms. The van der Waals surface area contributed by atoms with Crippen LogP contribution in [-0.2, 0) is 9.59 Å². The maximum atomic E-state index is 13.5. The SMILES string of the molecule is Cc1nc2ccccc2nc1N1CCN(C(=O)C2(C)CC(=O)N=C3C=CC=CN32)CC1. The number of hydrogen-bond acceptors (Lipinski definition) is 6. The number of amidine groups is 1. The summed E-state index contributed by atoms with van der Waals surface area (Å²) in [6, 6.07) is 7.84. The quantitative estimate of drug-likeness (QED) is 0.745. The lowest BCUT2D eigenvalue weighted by atomic mass is 9.90. The van der Waals surface area contributed by atoms with Gasteiger partial charge in [-0.1, -0.05) is 18.2 Å². The number of carbonyl (C=O) groups excluding carboxylic acids is 2. The average molecular weight is 416 g/mol. The van der Waals surface area contributed by atoms with Crippen LogP contribution in [0.15, 0.2) is 53.7 Å². The van der Waals surface area contributed by atoms with Crippen molar-refractivity contribution in [2.45, 2.75) is 25.8 Å². The molecule has 0 aliphatic carbocycles. The van der Waals surface area contributed by atoms with E-state index in [-0.39, 0.29) is 18.2 Å². The topological polar surface area (TPSA) is 82.0 Å². The van der Waals surface area contributed by atoms with Crippen molar-refractivity contribution in [2.75, 3.05) is 31.1 Å². The van der Waals surface area contributed by atoms with Crippen LogP contribution in [0.5, 0.6) is 0 Å². The van der Waals surface area contributed by atoms with Gasteiger partial charge in [-0.05, 0) is 38.1 Å². The van der Waals surface area contributed by atoms with Gasteiger partial charge in [0, 0.05) is 32.4 Å². The number of allylic oxidation sites excluding steroid dienone is 2. The summed E-state index contributed by atoms with van der Waals surface area (Å²) in [5, 5.41) is 0. The molecule has 1 fully saturated rings. The highest BCUT2D eigenvalue weighted by atomic mass is 16.2. The molecule has 3 aliphatic rings. The number of amides is 2. The van der Waals surface area contributed by atoms with Crippen molar-refractivity contribution in [3.8, 4) is 0 Å².